The summed E-state index contributed by atoms with van der Waals surface area (Å²) in [6.45, 7) is 2.00. The van der Waals surface area contributed by atoms with Crippen molar-refractivity contribution in [3.8, 4) is 0 Å². The molecule has 0 fully saturated rings. The van der Waals surface area contributed by atoms with Crippen LogP contribution in [0.25, 0.3) is 0 Å². The molecular formula is C14H16N4O. The SMILES string of the molecule is O=C(NCc1ccn[nH]1)C1CNCc2ccccc21. The standard InChI is InChI=1S/C14H16N4O/c19-14(16-8-11-5-6-17-18-11)13-9-15-7-10-3-1-2-4-12(10)13/h1-6,13,15H,7-9H2,(H,16,19)(H,17,18). The van der Waals surface area contributed by atoms with Gasteiger partial charge in [0.25, 0.3) is 0 Å². The number of nitrogens with one attached hydrogen (secondary N) is 3. The molecule has 0 radical (unpaired) electrons. The number of benzene rings is 1. The molecule has 0 spiro atoms. The number of fused-ring (bicyclic) bond motifs is 1. The van der Waals surface area contributed by atoms with Crippen LogP contribution in [0.3, 0.4) is 0 Å². The molecule has 1 aliphatic heterocycles. The number of amides is 1. The number of hydrogen-bond acceptors (Lipinski definition) is 3. The Kier molecular flexibility index (Phi) is 3.29. The first kappa shape index (κ1) is 11.9. The molecule has 1 aromatic heterocycles. The molecule has 0 aliphatic carbocycles. The van der Waals surface area contributed by atoms with Gasteiger partial charge in [0.05, 0.1) is 18.2 Å². The number of hydrogen-bond donors (Lipinski definition) is 3. The number of H-pyrrole nitrogens is 1. The monoisotopic (exact) mass is 256 g/mol. The van der Waals surface area contributed by atoms with Crippen molar-refractivity contribution in [2.45, 2.75) is 19.0 Å². The minimum atomic E-state index is -0.118. The Hall–Kier alpha value is -2.14. The Labute approximate surface area is 111 Å². The molecule has 0 saturated heterocycles. The Morgan fingerprint density at radius 2 is 2.26 bits per heavy atom. The fourth-order valence-electron chi connectivity index (χ4n) is 2.42. The molecule has 2 heterocycles. The number of carbonyl (C=O) groups excluding carboxylic acids is 1. The Morgan fingerprint density at radius 1 is 1.37 bits per heavy atom. The first-order valence-electron chi connectivity index (χ1n) is 6.39. The highest BCUT2D eigenvalue weighted by Gasteiger charge is 2.25. The summed E-state index contributed by atoms with van der Waals surface area (Å²) in [6, 6.07) is 9.95. The van der Waals surface area contributed by atoms with Gasteiger partial charge in [-0.05, 0) is 17.2 Å². The molecule has 1 aliphatic rings. The Balaban J connectivity index is 1.71. The van der Waals surface area contributed by atoms with Crippen LogP contribution in [-0.4, -0.2) is 22.6 Å². The Morgan fingerprint density at radius 3 is 3.11 bits per heavy atom. The fourth-order valence-corrected chi connectivity index (χ4v) is 2.42. The lowest BCUT2D eigenvalue weighted by molar-refractivity contribution is -0.122. The smallest absolute Gasteiger partial charge is 0.229 e. The van der Waals surface area contributed by atoms with Crippen LogP contribution in [0.15, 0.2) is 36.5 Å². The zero-order valence-electron chi connectivity index (χ0n) is 10.5. The third kappa shape index (κ3) is 2.51. The molecule has 5 nitrogen and oxygen atoms in total. The molecule has 98 valence electrons. The van der Waals surface area contributed by atoms with Crippen molar-refractivity contribution in [1.82, 2.24) is 20.8 Å². The van der Waals surface area contributed by atoms with Crippen LogP contribution in [0.4, 0.5) is 0 Å². The average molecular weight is 256 g/mol. The topological polar surface area (TPSA) is 69.8 Å². The molecule has 2 aromatic rings. The predicted molar refractivity (Wildman–Crippen MR) is 71.3 cm³/mol. The summed E-state index contributed by atoms with van der Waals surface area (Å²) in [5.74, 6) is -0.0675. The summed E-state index contributed by atoms with van der Waals surface area (Å²) >= 11 is 0. The van der Waals surface area contributed by atoms with Crippen LogP contribution in [0, 0.1) is 0 Å². The normalized spacial score (nSPS) is 17.8. The van der Waals surface area contributed by atoms with Crippen molar-refractivity contribution >= 4 is 5.91 Å². The van der Waals surface area contributed by atoms with Gasteiger partial charge in [-0.3, -0.25) is 9.89 Å². The summed E-state index contributed by atoms with van der Waals surface area (Å²) in [5.41, 5.74) is 3.24. The molecule has 0 bridgehead atoms. The van der Waals surface area contributed by atoms with Crippen LogP contribution < -0.4 is 10.6 Å². The minimum Gasteiger partial charge on any atom is -0.350 e. The van der Waals surface area contributed by atoms with E-state index in [2.05, 4.69) is 26.9 Å². The van der Waals surface area contributed by atoms with Gasteiger partial charge in [-0.25, -0.2) is 0 Å². The van der Waals surface area contributed by atoms with Crippen molar-refractivity contribution in [2.75, 3.05) is 6.54 Å². The molecule has 1 unspecified atom stereocenters. The van der Waals surface area contributed by atoms with Crippen molar-refractivity contribution in [1.29, 1.82) is 0 Å². The molecule has 3 N–H and O–H groups in total. The highest BCUT2D eigenvalue weighted by molar-refractivity contribution is 5.84. The fraction of sp³-hybridized carbons (Fsp3) is 0.286. The number of aromatic nitrogens is 2. The maximum absolute atomic E-state index is 12.3. The van der Waals surface area contributed by atoms with Gasteiger partial charge in [-0.15, -0.1) is 0 Å². The van der Waals surface area contributed by atoms with Gasteiger partial charge in [-0.2, -0.15) is 5.10 Å². The van der Waals surface area contributed by atoms with Gasteiger partial charge in [0.1, 0.15) is 0 Å². The first-order valence-corrected chi connectivity index (χ1v) is 6.39. The number of rotatable bonds is 3. The third-order valence-electron chi connectivity index (χ3n) is 3.42. The van der Waals surface area contributed by atoms with Gasteiger partial charge < -0.3 is 10.6 Å². The zero-order valence-corrected chi connectivity index (χ0v) is 10.5. The van der Waals surface area contributed by atoms with E-state index in [-0.39, 0.29) is 11.8 Å². The average Bonchev–Trinajstić information content (AvgIpc) is 2.97. The van der Waals surface area contributed by atoms with E-state index in [9.17, 15) is 4.79 Å². The van der Waals surface area contributed by atoms with E-state index >= 15 is 0 Å². The quantitative estimate of drug-likeness (QED) is 0.764. The second-order valence-electron chi connectivity index (χ2n) is 4.68. The molecule has 3 rings (SSSR count). The van der Waals surface area contributed by atoms with Crippen LogP contribution in [0.1, 0.15) is 22.7 Å². The largest absolute Gasteiger partial charge is 0.350 e. The first-order chi connectivity index (χ1) is 9.34. The van der Waals surface area contributed by atoms with Gasteiger partial charge in [0.2, 0.25) is 5.91 Å². The van der Waals surface area contributed by atoms with E-state index < -0.39 is 0 Å². The summed E-state index contributed by atoms with van der Waals surface area (Å²) in [6.07, 6.45) is 1.68. The number of aromatic amines is 1. The number of nitrogens with zero attached hydrogens (tertiary/aromatic N) is 1. The van der Waals surface area contributed by atoms with Gasteiger partial charge in [0.15, 0.2) is 0 Å². The van der Waals surface area contributed by atoms with E-state index in [1.807, 2.05) is 24.3 Å². The van der Waals surface area contributed by atoms with E-state index in [0.29, 0.717) is 13.1 Å². The van der Waals surface area contributed by atoms with Crippen LogP contribution in [0.5, 0.6) is 0 Å². The van der Waals surface area contributed by atoms with Crippen molar-refractivity contribution < 1.29 is 4.79 Å². The summed E-state index contributed by atoms with van der Waals surface area (Å²) < 4.78 is 0. The van der Waals surface area contributed by atoms with E-state index in [1.54, 1.807) is 6.20 Å². The molecule has 1 amide bonds. The molecule has 5 heteroatoms. The van der Waals surface area contributed by atoms with Crippen LogP contribution in [0.2, 0.25) is 0 Å². The molecule has 1 atom stereocenters. The highest BCUT2D eigenvalue weighted by Crippen LogP contribution is 2.23. The summed E-state index contributed by atoms with van der Waals surface area (Å²) in [7, 11) is 0. The van der Waals surface area contributed by atoms with E-state index in [4.69, 9.17) is 0 Å². The highest BCUT2D eigenvalue weighted by atomic mass is 16.1. The third-order valence-corrected chi connectivity index (χ3v) is 3.42. The second kappa shape index (κ2) is 5.24. The van der Waals surface area contributed by atoms with E-state index in [1.165, 1.54) is 5.56 Å². The minimum absolute atomic E-state index is 0.0502. The maximum Gasteiger partial charge on any atom is 0.229 e. The van der Waals surface area contributed by atoms with Crippen LogP contribution >= 0.6 is 0 Å². The summed E-state index contributed by atoms with van der Waals surface area (Å²) in [5, 5.41) is 12.9. The molecular weight excluding hydrogens is 240 g/mol. The second-order valence-corrected chi connectivity index (χ2v) is 4.68. The predicted octanol–water partition coefficient (Wildman–Crippen LogP) is 0.913. The molecule has 0 saturated carbocycles. The van der Waals surface area contributed by atoms with Gasteiger partial charge >= 0.3 is 0 Å². The molecule has 19 heavy (non-hydrogen) atoms. The zero-order chi connectivity index (χ0) is 13.1. The van der Waals surface area contributed by atoms with Gasteiger partial charge in [0, 0.05) is 19.3 Å². The number of carbonyl (C=O) groups is 1. The summed E-state index contributed by atoms with van der Waals surface area (Å²) in [4.78, 5) is 12.3. The lowest BCUT2D eigenvalue weighted by Crippen LogP contribution is -2.38. The van der Waals surface area contributed by atoms with Crippen molar-refractivity contribution in [3.63, 3.8) is 0 Å². The maximum atomic E-state index is 12.3. The molecule has 1 aromatic carbocycles. The lowest BCUT2D eigenvalue weighted by Gasteiger charge is -2.25. The Bertz CT molecular complexity index is 565. The van der Waals surface area contributed by atoms with Crippen molar-refractivity contribution in [3.05, 3.63) is 53.3 Å². The lowest BCUT2D eigenvalue weighted by atomic mass is 9.90. The van der Waals surface area contributed by atoms with Gasteiger partial charge in [-0.1, -0.05) is 24.3 Å². The van der Waals surface area contributed by atoms with E-state index in [0.717, 1.165) is 17.8 Å². The van der Waals surface area contributed by atoms with Crippen molar-refractivity contribution in [2.24, 2.45) is 0 Å². The van der Waals surface area contributed by atoms with Crippen LogP contribution in [-0.2, 0) is 17.9 Å².